The van der Waals surface area contributed by atoms with Gasteiger partial charge in [0.05, 0.1) is 6.61 Å². The van der Waals surface area contributed by atoms with Gasteiger partial charge in [0.1, 0.15) is 30.2 Å². The molecule has 7 nitrogen and oxygen atoms in total. The molecule has 0 radical (unpaired) electrons. The van der Waals surface area contributed by atoms with Crippen LogP contribution in [0.1, 0.15) is 6.92 Å². The molecule has 0 aromatic heterocycles. The standard InChI is InChI=1S/C8H16O7/c1-3(10)5(12)7(14)8(15)6(13)4(11)2-9/h4,6-15H,2H2,1H3/b5-3+/t4-,6+,7-,8+/m0/s1. The van der Waals surface area contributed by atoms with Crippen molar-refractivity contribution in [3.8, 4) is 0 Å². The summed E-state index contributed by atoms with van der Waals surface area (Å²) in [6.07, 6.45) is -7.35. The van der Waals surface area contributed by atoms with Crippen LogP contribution in [0.5, 0.6) is 0 Å². The van der Waals surface area contributed by atoms with E-state index in [4.69, 9.17) is 25.5 Å². The van der Waals surface area contributed by atoms with Gasteiger partial charge in [-0.2, -0.15) is 0 Å². The summed E-state index contributed by atoms with van der Waals surface area (Å²) < 4.78 is 0. The van der Waals surface area contributed by atoms with Crippen LogP contribution in [-0.2, 0) is 0 Å². The van der Waals surface area contributed by atoms with Gasteiger partial charge >= 0.3 is 0 Å². The SMILES string of the molecule is C/C(O)=C(\O)[C@H](O)[C@H](O)[C@H](O)[C@@H](O)CO. The molecule has 0 spiro atoms. The van der Waals surface area contributed by atoms with E-state index in [0.29, 0.717) is 0 Å². The lowest BCUT2D eigenvalue weighted by Gasteiger charge is -2.25. The second-order valence-corrected chi connectivity index (χ2v) is 3.15. The van der Waals surface area contributed by atoms with Crippen molar-refractivity contribution in [2.45, 2.75) is 31.3 Å². The molecule has 0 fully saturated rings. The van der Waals surface area contributed by atoms with Gasteiger partial charge in [-0.3, -0.25) is 0 Å². The van der Waals surface area contributed by atoms with Gasteiger partial charge in [-0.1, -0.05) is 0 Å². The van der Waals surface area contributed by atoms with Gasteiger partial charge in [-0.15, -0.1) is 0 Å². The molecule has 90 valence electrons. The smallest absolute Gasteiger partial charge is 0.161 e. The predicted octanol–water partition coefficient (Wildman–Crippen LogP) is -2.23. The van der Waals surface area contributed by atoms with E-state index in [1.807, 2.05) is 0 Å². The molecule has 15 heavy (non-hydrogen) atoms. The summed E-state index contributed by atoms with van der Waals surface area (Å²) in [4.78, 5) is 0. The lowest BCUT2D eigenvalue weighted by atomic mass is 10.0. The Kier molecular flexibility index (Phi) is 5.55. The van der Waals surface area contributed by atoms with Crippen molar-refractivity contribution >= 4 is 0 Å². The molecule has 0 heterocycles. The van der Waals surface area contributed by atoms with E-state index in [1.54, 1.807) is 0 Å². The van der Waals surface area contributed by atoms with E-state index in [2.05, 4.69) is 0 Å². The second-order valence-electron chi connectivity index (χ2n) is 3.15. The number of rotatable bonds is 5. The summed E-state index contributed by atoms with van der Waals surface area (Å²) in [6, 6.07) is 0. The fourth-order valence-corrected chi connectivity index (χ4v) is 0.898. The Morgan fingerprint density at radius 2 is 1.47 bits per heavy atom. The minimum atomic E-state index is -1.94. The Balaban J connectivity index is 4.58. The first-order valence-electron chi connectivity index (χ1n) is 4.24. The van der Waals surface area contributed by atoms with Crippen molar-refractivity contribution in [3.05, 3.63) is 11.5 Å². The van der Waals surface area contributed by atoms with Crippen LogP contribution in [-0.4, -0.2) is 66.8 Å². The summed E-state index contributed by atoms with van der Waals surface area (Å²) in [5.74, 6) is -1.53. The van der Waals surface area contributed by atoms with Crippen molar-refractivity contribution in [2.24, 2.45) is 0 Å². The van der Waals surface area contributed by atoms with Gasteiger partial charge in [-0.05, 0) is 6.92 Å². The third kappa shape index (κ3) is 3.65. The number of aliphatic hydroxyl groups excluding tert-OH is 7. The Morgan fingerprint density at radius 3 is 1.80 bits per heavy atom. The lowest BCUT2D eigenvalue weighted by molar-refractivity contribution is -0.113. The largest absolute Gasteiger partial charge is 0.509 e. The second kappa shape index (κ2) is 5.89. The minimum Gasteiger partial charge on any atom is -0.509 e. The number of aliphatic hydroxyl groups is 7. The normalized spacial score (nSPS) is 21.5. The van der Waals surface area contributed by atoms with E-state index in [9.17, 15) is 10.2 Å². The van der Waals surface area contributed by atoms with E-state index >= 15 is 0 Å². The van der Waals surface area contributed by atoms with Gasteiger partial charge in [0.15, 0.2) is 5.76 Å². The monoisotopic (exact) mass is 224 g/mol. The number of hydrogen-bond acceptors (Lipinski definition) is 7. The molecule has 0 aliphatic heterocycles. The summed E-state index contributed by atoms with van der Waals surface area (Å²) in [7, 11) is 0. The van der Waals surface area contributed by atoms with Gasteiger partial charge in [0.25, 0.3) is 0 Å². The van der Waals surface area contributed by atoms with Crippen LogP contribution >= 0.6 is 0 Å². The molecule has 4 atom stereocenters. The fraction of sp³-hybridized carbons (Fsp3) is 0.750. The topological polar surface area (TPSA) is 142 Å². The zero-order chi connectivity index (χ0) is 12.2. The highest BCUT2D eigenvalue weighted by atomic mass is 16.4. The van der Waals surface area contributed by atoms with Crippen LogP contribution in [0.3, 0.4) is 0 Å². The summed E-state index contributed by atoms with van der Waals surface area (Å²) >= 11 is 0. The molecule has 0 aromatic carbocycles. The molecule has 0 unspecified atom stereocenters. The molecule has 0 bridgehead atoms. The molecular formula is C8H16O7. The van der Waals surface area contributed by atoms with Gasteiger partial charge in [-0.25, -0.2) is 0 Å². The maximum Gasteiger partial charge on any atom is 0.161 e. The van der Waals surface area contributed by atoms with E-state index in [1.165, 1.54) is 0 Å². The Hall–Kier alpha value is -0.860. The average Bonchev–Trinajstić information content (AvgIpc) is 2.23. The van der Waals surface area contributed by atoms with Crippen molar-refractivity contribution < 1.29 is 35.7 Å². The zero-order valence-electron chi connectivity index (χ0n) is 8.15. The van der Waals surface area contributed by atoms with E-state index in [-0.39, 0.29) is 0 Å². The first-order valence-corrected chi connectivity index (χ1v) is 4.24. The molecule has 0 saturated heterocycles. The summed E-state index contributed by atoms with van der Waals surface area (Å²) in [5.41, 5.74) is 0. The molecule has 0 saturated carbocycles. The fourth-order valence-electron chi connectivity index (χ4n) is 0.898. The van der Waals surface area contributed by atoms with E-state index < -0.39 is 42.5 Å². The first kappa shape index (κ1) is 14.1. The van der Waals surface area contributed by atoms with Gasteiger partial charge in [0, 0.05) is 0 Å². The highest BCUT2D eigenvalue weighted by Gasteiger charge is 2.32. The molecule has 0 aliphatic carbocycles. The highest BCUT2D eigenvalue weighted by molar-refractivity contribution is 5.05. The average molecular weight is 224 g/mol. The van der Waals surface area contributed by atoms with Crippen LogP contribution in [0.2, 0.25) is 0 Å². The minimum absolute atomic E-state index is 0.618. The molecule has 7 heteroatoms. The zero-order valence-corrected chi connectivity index (χ0v) is 8.15. The molecule has 0 rings (SSSR count). The molecule has 0 amide bonds. The van der Waals surface area contributed by atoms with E-state index in [0.717, 1.165) is 6.92 Å². The van der Waals surface area contributed by atoms with Crippen molar-refractivity contribution in [3.63, 3.8) is 0 Å². The quantitative estimate of drug-likeness (QED) is 0.262. The molecule has 0 aromatic rings. The van der Waals surface area contributed by atoms with Crippen molar-refractivity contribution in [2.75, 3.05) is 6.61 Å². The third-order valence-corrected chi connectivity index (χ3v) is 1.91. The van der Waals surface area contributed by atoms with Crippen LogP contribution in [0.25, 0.3) is 0 Å². The molecular weight excluding hydrogens is 208 g/mol. The summed E-state index contributed by atoms with van der Waals surface area (Å²) in [5, 5.41) is 62.8. The Labute approximate surface area is 86.2 Å². The number of allylic oxidation sites excluding steroid dienone is 1. The van der Waals surface area contributed by atoms with Crippen LogP contribution in [0.4, 0.5) is 0 Å². The van der Waals surface area contributed by atoms with Crippen LogP contribution in [0.15, 0.2) is 11.5 Å². The maximum absolute atomic E-state index is 9.23. The van der Waals surface area contributed by atoms with Crippen molar-refractivity contribution in [1.29, 1.82) is 0 Å². The van der Waals surface area contributed by atoms with Crippen molar-refractivity contribution in [1.82, 2.24) is 0 Å². The predicted molar refractivity (Wildman–Crippen MR) is 49.1 cm³/mol. The van der Waals surface area contributed by atoms with Gasteiger partial charge in [0.2, 0.25) is 0 Å². The lowest BCUT2D eigenvalue weighted by Crippen LogP contribution is -2.46. The highest BCUT2D eigenvalue weighted by Crippen LogP contribution is 2.12. The number of hydrogen-bond donors (Lipinski definition) is 7. The molecule has 0 aliphatic rings. The summed E-state index contributed by atoms with van der Waals surface area (Å²) in [6.45, 7) is 0.258. The third-order valence-electron chi connectivity index (χ3n) is 1.91. The molecule has 7 N–H and O–H groups in total. The maximum atomic E-state index is 9.23. The Morgan fingerprint density at radius 1 is 1.00 bits per heavy atom. The first-order chi connectivity index (χ1) is 6.82. The van der Waals surface area contributed by atoms with Crippen LogP contribution in [0, 0.1) is 0 Å². The van der Waals surface area contributed by atoms with Crippen LogP contribution < -0.4 is 0 Å². The Bertz CT molecular complexity index is 223. The van der Waals surface area contributed by atoms with Gasteiger partial charge < -0.3 is 35.7 Å².